The molecule has 0 aliphatic carbocycles. The van der Waals surface area contributed by atoms with Gasteiger partial charge in [0.2, 0.25) is 0 Å². The molecule has 628 valence electrons. The molecule has 0 aromatic carbocycles. The number of rotatable bonds is 47. The van der Waals surface area contributed by atoms with Crippen LogP contribution in [0.2, 0.25) is 0 Å². The van der Waals surface area contributed by atoms with E-state index in [1.807, 2.05) is 138 Å². The summed E-state index contributed by atoms with van der Waals surface area (Å²) in [5.41, 5.74) is 56.6. The molecule has 0 aromatic heterocycles. The normalized spacial score (nSPS) is 9.95. The first-order valence-corrected chi connectivity index (χ1v) is 38.5. The van der Waals surface area contributed by atoms with E-state index in [9.17, 15) is 47.9 Å². The number of hydrogen-bond donors (Lipinski definition) is 13. The molecule has 0 aromatic rings. The van der Waals surface area contributed by atoms with Crippen LogP contribution in [0.3, 0.4) is 0 Å². The van der Waals surface area contributed by atoms with Crippen molar-refractivity contribution in [3.63, 3.8) is 0 Å². The quantitative estimate of drug-likeness (QED) is 0.0153. The minimum atomic E-state index is -0.0333. The maximum atomic E-state index is 11.2. The largest absolute Gasteiger partial charge is 0.386 e. The van der Waals surface area contributed by atoms with Gasteiger partial charge < -0.3 is 73.7 Å². The second-order valence-electron chi connectivity index (χ2n) is 28.5. The summed E-state index contributed by atoms with van der Waals surface area (Å²) < 4.78 is 0. The molecule has 106 heavy (non-hydrogen) atoms. The van der Waals surface area contributed by atoms with Crippen LogP contribution in [0.15, 0.2) is 39.8 Å². The molecule has 0 atom stereocenters. The lowest BCUT2D eigenvalue weighted by Crippen LogP contribution is -2.24. The van der Waals surface area contributed by atoms with E-state index in [2.05, 4.69) is 52.6 Å². The SMILES string of the molecule is C.C=C(N)NCCC(=O)C(C)C.C=C(N)NCCCCCC(=O)C(C)C.CC(C)C(=O)CCCCN.CC(C)C(=O)CCCCN=C(N)N.CC(C)C(=O)CCCN=C(N)N.CC(C)C(=O)CCN.CC(C)C(=O)CN.CC(C)C(=O)CN=C(N)N.CCCCC(=O)C(C)C.CCCCCCC(=O)C(C)C. The molecule has 0 spiro atoms. The summed E-state index contributed by atoms with van der Waals surface area (Å²) in [6.07, 6.45) is 19.7. The highest BCUT2D eigenvalue weighted by atomic mass is 16.2. The van der Waals surface area contributed by atoms with Crippen molar-refractivity contribution < 1.29 is 47.9 Å². The molecule has 0 radical (unpaired) electrons. The van der Waals surface area contributed by atoms with Gasteiger partial charge in [-0.3, -0.25) is 57.9 Å². The molecule has 0 aliphatic rings. The first-order chi connectivity index (χ1) is 48.6. The Labute approximate surface area is 646 Å². The summed E-state index contributed by atoms with van der Waals surface area (Å²) in [6.45, 7) is 53.4. The van der Waals surface area contributed by atoms with Crippen molar-refractivity contribution in [3.05, 3.63) is 24.8 Å². The van der Waals surface area contributed by atoms with E-state index < -0.39 is 0 Å². The second-order valence-corrected chi connectivity index (χ2v) is 28.5. The van der Waals surface area contributed by atoms with Crippen LogP contribution in [0.25, 0.3) is 0 Å². The lowest BCUT2D eigenvalue weighted by Gasteiger charge is -2.05. The van der Waals surface area contributed by atoms with Crippen molar-refractivity contribution in [2.45, 2.75) is 301 Å². The van der Waals surface area contributed by atoms with Crippen molar-refractivity contribution in [1.82, 2.24) is 10.6 Å². The Morgan fingerprint density at radius 1 is 0.283 bits per heavy atom. The van der Waals surface area contributed by atoms with Crippen molar-refractivity contribution >= 4 is 75.7 Å². The number of nitrogens with one attached hydrogen (secondary N) is 2. The Morgan fingerprint density at radius 3 is 0.811 bits per heavy atom. The van der Waals surface area contributed by atoms with Gasteiger partial charge in [0, 0.05) is 137 Å². The Hall–Kier alpha value is -6.93. The van der Waals surface area contributed by atoms with E-state index in [4.69, 9.17) is 63.1 Å². The maximum Gasteiger partial charge on any atom is 0.186 e. The van der Waals surface area contributed by atoms with Crippen LogP contribution in [0.1, 0.15) is 301 Å². The minimum absolute atomic E-state index is 0. The summed E-state index contributed by atoms with van der Waals surface area (Å²) >= 11 is 0. The summed E-state index contributed by atoms with van der Waals surface area (Å²) in [7, 11) is 0. The number of nitrogens with zero attached hydrogens (tertiary/aromatic N) is 3. The Kier molecular flexibility index (Phi) is 101. The fraction of sp³-hybridized carbons (Fsp3) is 0.787. The summed E-state index contributed by atoms with van der Waals surface area (Å²) in [5.74, 6) is 5.36. The van der Waals surface area contributed by atoms with E-state index in [0.29, 0.717) is 112 Å². The third kappa shape index (κ3) is 116. The van der Waals surface area contributed by atoms with E-state index in [0.717, 1.165) is 90.0 Å². The zero-order chi connectivity index (χ0) is 84.2. The van der Waals surface area contributed by atoms with Gasteiger partial charge >= 0.3 is 0 Å². The van der Waals surface area contributed by atoms with Crippen LogP contribution in [0, 0.1) is 59.2 Å². The summed E-state index contributed by atoms with van der Waals surface area (Å²) in [6, 6.07) is 0. The number of carbonyl (C=O) groups is 10. The predicted molar refractivity (Wildman–Crippen MR) is 450 cm³/mol. The Morgan fingerprint density at radius 2 is 0.547 bits per heavy atom. The number of Topliss-reactive ketones (excluding diaryl/α,β-unsaturated/α-hetero) is 10. The highest BCUT2D eigenvalue weighted by molar-refractivity contribution is 5.86. The van der Waals surface area contributed by atoms with Gasteiger partial charge in [0.15, 0.2) is 23.7 Å². The third-order valence-electron chi connectivity index (χ3n) is 14.6. The standard InChI is InChI=1S/C11H22N2O.C10H20O.C9H19N3O.C8H17N3O.C8H16N2O.C8H17NO.C8H16O.C6H13N3O.C6H13NO.C5H11NO.CH4/c1-9(2)11(14)7-5-4-6-8-13-10(3)12;1-4-5-6-7-8-10(11)9(2)3;1-7(2)8(13)5-3-4-6-12-9(10)11;1-6(2)7(12)4-3-5-11-8(9)10;1-6(2)8(11)4-5-10-7(3)9;1-7(2)8(10)5-3-4-6-9;1-4-5-6-8(9)7(2)3;1-4(2)5(10)3-9-6(7)8;1-5(2)6(8)3-4-7;1-4(2)5(7)3-6;/h9,13H,3-8,12H2,1-2H3;9H,4-8H2,1-3H3;7H,3-6H2,1-2H3,(H4,10,11,12);6H,3-5H2,1-2H3,(H4,9,10,11);6,10H,3-5,9H2,1-2H3;7H,3-6,9H2,1-2H3;7H,4-6H2,1-3H3;4H,3H2,1-2H3,(H4,7,8,9);5H,3-4,7H2,1-2H3;4H,3,6H2,1-2H3;1H4. The molecule has 24 N–H and O–H groups in total. The van der Waals surface area contributed by atoms with Crippen molar-refractivity contribution in [1.29, 1.82) is 0 Å². The van der Waals surface area contributed by atoms with E-state index in [1.165, 1.54) is 19.3 Å². The van der Waals surface area contributed by atoms with Crippen LogP contribution < -0.4 is 73.7 Å². The zero-order valence-corrected chi connectivity index (χ0v) is 70.7. The molecule has 0 saturated carbocycles. The molecule has 0 bridgehead atoms. The van der Waals surface area contributed by atoms with Crippen LogP contribution in [0.5, 0.6) is 0 Å². The summed E-state index contributed by atoms with van der Waals surface area (Å²) in [4.78, 5) is 121. The number of ketones is 10. The fourth-order valence-corrected chi connectivity index (χ4v) is 6.84. The van der Waals surface area contributed by atoms with Gasteiger partial charge in [-0.25, -0.2) is 4.99 Å². The molecule has 0 amide bonds. The molecule has 0 unspecified atom stereocenters. The molecule has 26 nitrogen and oxygen atoms in total. The lowest BCUT2D eigenvalue weighted by atomic mass is 10.0. The molecule has 0 saturated heterocycles. The topological polar surface area (TPSA) is 518 Å². The van der Waals surface area contributed by atoms with Gasteiger partial charge in [0.1, 0.15) is 58.6 Å². The fourth-order valence-electron chi connectivity index (χ4n) is 6.84. The van der Waals surface area contributed by atoms with Gasteiger partial charge in [-0.1, -0.05) is 205 Å². The maximum absolute atomic E-state index is 11.2. The first-order valence-electron chi connectivity index (χ1n) is 38.5. The van der Waals surface area contributed by atoms with Gasteiger partial charge in [-0.15, -0.1) is 0 Å². The van der Waals surface area contributed by atoms with Gasteiger partial charge in [0.05, 0.1) is 18.2 Å². The van der Waals surface area contributed by atoms with Crippen LogP contribution >= 0.6 is 0 Å². The molecular weight excluding hydrogens is 1340 g/mol. The average molecular weight is 1510 g/mol. The van der Waals surface area contributed by atoms with Crippen LogP contribution in [-0.2, 0) is 47.9 Å². The molecular formula is C80H168N16O10. The van der Waals surface area contributed by atoms with Crippen molar-refractivity contribution in [3.8, 4) is 0 Å². The number of nitrogens with two attached hydrogens (primary N) is 11. The third-order valence-corrected chi connectivity index (χ3v) is 14.6. The first kappa shape index (κ1) is 123. The molecule has 0 aliphatic heterocycles. The monoisotopic (exact) mass is 1510 g/mol. The number of aliphatic imine (C=N–C) groups is 3. The van der Waals surface area contributed by atoms with Crippen LogP contribution in [0.4, 0.5) is 0 Å². The molecule has 0 fully saturated rings. The predicted octanol–water partition coefficient (Wildman–Crippen LogP) is 11.1. The molecule has 0 rings (SSSR count). The number of hydrogen-bond acceptors (Lipinski definition) is 20. The Bertz CT molecular complexity index is 2320. The van der Waals surface area contributed by atoms with E-state index in [1.54, 1.807) is 0 Å². The van der Waals surface area contributed by atoms with Crippen molar-refractivity contribution in [2.75, 3.05) is 52.4 Å². The average Bonchev–Trinajstić information content (AvgIpc) is 1.15. The number of guanidine groups is 3. The van der Waals surface area contributed by atoms with Crippen LogP contribution in [-0.4, -0.2) is 128 Å². The second kappa shape index (κ2) is 87.0. The highest BCUT2D eigenvalue weighted by Crippen LogP contribution is 2.10. The smallest absolute Gasteiger partial charge is 0.186 e. The van der Waals surface area contributed by atoms with E-state index in [-0.39, 0.29) is 126 Å². The molecule has 0 heterocycles. The van der Waals surface area contributed by atoms with E-state index >= 15 is 0 Å². The minimum Gasteiger partial charge on any atom is -0.386 e. The molecule has 26 heteroatoms. The number of carbonyl (C=O) groups excluding carboxylic acids is 10. The Balaban J connectivity index is -0.000000106. The van der Waals surface area contributed by atoms with Crippen molar-refractivity contribution in [2.24, 2.45) is 137 Å². The van der Waals surface area contributed by atoms with Gasteiger partial charge in [-0.05, 0) is 70.9 Å². The lowest BCUT2D eigenvalue weighted by molar-refractivity contribution is -0.122. The summed E-state index contributed by atoms with van der Waals surface area (Å²) in [5, 5.41) is 5.75. The number of unbranched alkanes of at least 4 members (excludes halogenated alkanes) is 8. The van der Waals surface area contributed by atoms with Gasteiger partial charge in [0.25, 0.3) is 0 Å². The highest BCUT2D eigenvalue weighted by Gasteiger charge is 2.11. The van der Waals surface area contributed by atoms with Gasteiger partial charge in [-0.2, -0.15) is 0 Å². The zero-order valence-electron chi connectivity index (χ0n) is 70.7.